The molecule has 17 heavy (non-hydrogen) atoms. The number of hydrogen-bond donors (Lipinski definition) is 0. The first-order chi connectivity index (χ1) is 8.43. The standard InChI is InChI=1S/C14H14N3/c1-3-7-13(8-4-1)16-11-12-17(15-16)14-9-5-2-6-10-14/h1-10H,11-12H2/q+1. The molecule has 0 aliphatic carbocycles. The van der Waals surface area contributed by atoms with Crippen LogP contribution >= 0.6 is 0 Å². The molecule has 0 aromatic heterocycles. The molecule has 3 rings (SSSR count). The Morgan fingerprint density at radius 2 is 1.53 bits per heavy atom. The van der Waals surface area contributed by atoms with Crippen LogP contribution in [-0.4, -0.2) is 17.8 Å². The van der Waals surface area contributed by atoms with E-state index in [2.05, 4.69) is 29.5 Å². The minimum absolute atomic E-state index is 0.929. The molecule has 0 saturated carbocycles. The Morgan fingerprint density at radius 1 is 0.882 bits per heavy atom. The molecule has 1 heterocycles. The highest BCUT2D eigenvalue weighted by Gasteiger charge is 2.24. The average molecular weight is 224 g/mol. The fourth-order valence-corrected chi connectivity index (χ4v) is 1.97. The van der Waals surface area contributed by atoms with Gasteiger partial charge in [0.15, 0.2) is 13.1 Å². The van der Waals surface area contributed by atoms with E-state index in [1.54, 1.807) is 0 Å². The number of hydrogen-bond acceptors (Lipinski definition) is 2. The molecular formula is C14H14N3+. The van der Waals surface area contributed by atoms with Crippen molar-refractivity contribution in [1.29, 1.82) is 0 Å². The van der Waals surface area contributed by atoms with Gasteiger partial charge in [-0.05, 0) is 24.3 Å². The quantitative estimate of drug-likeness (QED) is 0.716. The Labute approximate surface area is 101 Å². The summed E-state index contributed by atoms with van der Waals surface area (Å²) in [7, 11) is 0. The van der Waals surface area contributed by atoms with Crippen molar-refractivity contribution < 1.29 is 4.70 Å². The van der Waals surface area contributed by atoms with E-state index >= 15 is 0 Å². The molecule has 1 aliphatic rings. The molecule has 3 heteroatoms. The van der Waals surface area contributed by atoms with Crippen LogP contribution in [0.3, 0.4) is 0 Å². The Hall–Kier alpha value is -2.16. The van der Waals surface area contributed by atoms with Crippen LogP contribution in [0.2, 0.25) is 0 Å². The van der Waals surface area contributed by atoms with Crippen molar-refractivity contribution in [3.05, 3.63) is 60.7 Å². The maximum Gasteiger partial charge on any atom is 0.153 e. The van der Waals surface area contributed by atoms with Gasteiger partial charge < -0.3 is 0 Å². The molecule has 2 aromatic carbocycles. The lowest BCUT2D eigenvalue weighted by Crippen LogP contribution is -2.13. The first-order valence-electron chi connectivity index (χ1n) is 5.80. The molecule has 0 fully saturated rings. The zero-order valence-electron chi connectivity index (χ0n) is 9.53. The van der Waals surface area contributed by atoms with Crippen LogP contribution in [0.4, 0.5) is 11.4 Å². The molecule has 2 aromatic rings. The van der Waals surface area contributed by atoms with Gasteiger partial charge in [-0.2, -0.15) is 0 Å². The molecule has 0 amide bonds. The second-order valence-electron chi connectivity index (χ2n) is 4.01. The van der Waals surface area contributed by atoms with Crippen LogP contribution in [0.25, 0.3) is 0 Å². The highest BCUT2D eigenvalue weighted by molar-refractivity contribution is 5.45. The first-order valence-corrected chi connectivity index (χ1v) is 5.80. The summed E-state index contributed by atoms with van der Waals surface area (Å²) in [4.78, 5) is 0. The Balaban J connectivity index is 1.87. The van der Waals surface area contributed by atoms with E-state index in [9.17, 15) is 0 Å². The predicted octanol–water partition coefficient (Wildman–Crippen LogP) is 3.22. The molecule has 0 spiro atoms. The topological polar surface area (TPSA) is 18.6 Å². The summed E-state index contributed by atoms with van der Waals surface area (Å²) in [6, 6.07) is 20.5. The maximum atomic E-state index is 4.60. The lowest BCUT2D eigenvalue weighted by Gasteiger charge is -2.01. The molecule has 0 saturated heterocycles. The average Bonchev–Trinajstić information content (AvgIpc) is 2.90. The van der Waals surface area contributed by atoms with Crippen LogP contribution in [0, 0.1) is 0 Å². The van der Waals surface area contributed by atoms with Gasteiger partial charge in [0.2, 0.25) is 0 Å². The largest absolute Gasteiger partial charge is 0.153 e. The van der Waals surface area contributed by atoms with Gasteiger partial charge in [0.25, 0.3) is 0 Å². The summed E-state index contributed by atoms with van der Waals surface area (Å²) >= 11 is 0. The van der Waals surface area contributed by atoms with Gasteiger partial charge in [0, 0.05) is 0 Å². The van der Waals surface area contributed by atoms with Crippen molar-refractivity contribution in [1.82, 2.24) is 0 Å². The zero-order chi connectivity index (χ0) is 11.5. The number of para-hydroxylation sites is 2. The fourth-order valence-electron chi connectivity index (χ4n) is 1.97. The number of nitrogens with zero attached hydrogens (tertiary/aromatic N) is 3. The van der Waals surface area contributed by atoms with Crippen molar-refractivity contribution in [2.75, 3.05) is 18.1 Å². The Kier molecular flexibility index (Phi) is 2.58. The summed E-state index contributed by atoms with van der Waals surface area (Å²) in [5, 5.41) is 6.63. The van der Waals surface area contributed by atoms with Crippen molar-refractivity contribution in [3.63, 3.8) is 0 Å². The molecular weight excluding hydrogens is 210 g/mol. The molecule has 0 bridgehead atoms. The normalized spacial score (nSPS) is 14.8. The third kappa shape index (κ3) is 2.04. The van der Waals surface area contributed by atoms with Gasteiger partial charge in [-0.3, -0.25) is 0 Å². The van der Waals surface area contributed by atoms with Gasteiger partial charge in [0.05, 0.1) is 5.22 Å². The third-order valence-corrected chi connectivity index (χ3v) is 2.85. The van der Waals surface area contributed by atoms with E-state index in [-0.39, 0.29) is 0 Å². The van der Waals surface area contributed by atoms with Crippen LogP contribution in [-0.2, 0) is 0 Å². The Morgan fingerprint density at radius 3 is 2.24 bits per heavy atom. The number of rotatable bonds is 2. The molecule has 0 unspecified atom stereocenters. The van der Waals surface area contributed by atoms with E-state index in [4.69, 9.17) is 0 Å². The predicted molar refractivity (Wildman–Crippen MR) is 67.4 cm³/mol. The van der Waals surface area contributed by atoms with Crippen molar-refractivity contribution in [2.45, 2.75) is 0 Å². The summed E-state index contributed by atoms with van der Waals surface area (Å²) in [6.45, 7) is 1.86. The van der Waals surface area contributed by atoms with Gasteiger partial charge in [0.1, 0.15) is 11.4 Å². The molecule has 84 valence electrons. The van der Waals surface area contributed by atoms with Crippen LogP contribution in [0.1, 0.15) is 0 Å². The van der Waals surface area contributed by atoms with Gasteiger partial charge in [-0.15, -0.1) is 9.71 Å². The summed E-state index contributed by atoms with van der Waals surface area (Å²) in [5.41, 5.74) is 2.29. The van der Waals surface area contributed by atoms with Gasteiger partial charge in [-0.25, -0.2) is 0 Å². The highest BCUT2D eigenvalue weighted by atomic mass is 15.6. The SMILES string of the molecule is c1ccc(N2CC[N+](c3ccccc3)=N2)cc1. The van der Waals surface area contributed by atoms with Crippen molar-refractivity contribution in [3.8, 4) is 0 Å². The van der Waals surface area contributed by atoms with E-state index < -0.39 is 0 Å². The minimum Gasteiger partial charge on any atom is -0.130 e. The second-order valence-corrected chi connectivity index (χ2v) is 4.01. The van der Waals surface area contributed by atoms with Crippen molar-refractivity contribution >= 4 is 11.4 Å². The van der Waals surface area contributed by atoms with Crippen molar-refractivity contribution in [2.24, 2.45) is 5.22 Å². The number of anilines is 1. The molecule has 0 N–H and O–H groups in total. The van der Waals surface area contributed by atoms with Crippen LogP contribution < -0.4 is 5.01 Å². The molecule has 3 nitrogen and oxygen atoms in total. The fraction of sp³-hybridized carbons (Fsp3) is 0.143. The van der Waals surface area contributed by atoms with Crippen LogP contribution in [0.5, 0.6) is 0 Å². The summed E-state index contributed by atoms with van der Waals surface area (Å²) < 4.78 is 2.03. The van der Waals surface area contributed by atoms with E-state index in [1.807, 2.05) is 46.1 Å². The maximum absolute atomic E-state index is 4.60. The lowest BCUT2D eigenvalue weighted by atomic mass is 10.3. The lowest BCUT2D eigenvalue weighted by molar-refractivity contribution is -0.496. The molecule has 0 radical (unpaired) electrons. The second kappa shape index (κ2) is 4.37. The summed E-state index contributed by atoms with van der Waals surface area (Å²) in [6.07, 6.45) is 0. The van der Waals surface area contributed by atoms with E-state index in [0.717, 1.165) is 24.5 Å². The van der Waals surface area contributed by atoms with E-state index in [0.29, 0.717) is 0 Å². The van der Waals surface area contributed by atoms with Gasteiger partial charge in [-0.1, -0.05) is 36.4 Å². The third-order valence-electron chi connectivity index (χ3n) is 2.85. The smallest absolute Gasteiger partial charge is 0.130 e. The monoisotopic (exact) mass is 224 g/mol. The zero-order valence-corrected chi connectivity index (χ0v) is 9.53. The Bertz CT molecular complexity index is 520. The number of benzene rings is 2. The molecule has 0 atom stereocenters. The van der Waals surface area contributed by atoms with E-state index in [1.165, 1.54) is 0 Å². The van der Waals surface area contributed by atoms with Gasteiger partial charge >= 0.3 is 0 Å². The first kappa shape index (κ1) is 10.0. The molecule has 1 aliphatic heterocycles. The highest BCUT2D eigenvalue weighted by Crippen LogP contribution is 2.21. The van der Waals surface area contributed by atoms with Crippen LogP contribution in [0.15, 0.2) is 65.9 Å². The summed E-state index contributed by atoms with van der Waals surface area (Å²) in [5.74, 6) is 0. The minimum atomic E-state index is 0.929.